The van der Waals surface area contributed by atoms with Crippen molar-refractivity contribution in [2.45, 2.75) is 30.6 Å². The first-order chi connectivity index (χ1) is 17.5. The number of morpholine rings is 1. The number of aryl methyl sites for hydroxylation is 1. The summed E-state index contributed by atoms with van der Waals surface area (Å²) >= 11 is 3.28. The number of aromatic nitrogens is 1. The van der Waals surface area contributed by atoms with Crippen molar-refractivity contribution in [1.29, 1.82) is 0 Å². The molecule has 7 nitrogen and oxygen atoms in total. The number of nitrogens with one attached hydrogen (secondary N) is 1. The van der Waals surface area contributed by atoms with Gasteiger partial charge in [0.2, 0.25) is 10.0 Å². The molecule has 6 rings (SSSR count). The Kier molecular flexibility index (Phi) is 6.38. The molecule has 186 valence electrons. The average molecular weight is 540 g/mol. The zero-order valence-corrected chi connectivity index (χ0v) is 22.0. The first-order valence-electron chi connectivity index (χ1n) is 12.0. The Bertz CT molecular complexity index is 1500. The normalized spacial score (nSPS) is 16.7. The monoisotopic (exact) mass is 539 g/mol. The molecule has 1 aliphatic carbocycles. The SMILES string of the molecule is O=C(Nc1sc2c(c1-c1nc3ccccc3s1)CCCC2)c1ccc(S(=O)(=O)N2CCOCC2)cc1. The van der Waals surface area contributed by atoms with Crippen molar-refractivity contribution in [2.24, 2.45) is 0 Å². The Hall–Kier alpha value is -2.63. The lowest BCUT2D eigenvalue weighted by Crippen LogP contribution is -2.40. The number of amides is 1. The van der Waals surface area contributed by atoms with Gasteiger partial charge < -0.3 is 10.1 Å². The maximum absolute atomic E-state index is 13.2. The van der Waals surface area contributed by atoms with Gasteiger partial charge in [0.05, 0.1) is 28.3 Å². The molecule has 2 aromatic carbocycles. The zero-order chi connectivity index (χ0) is 24.7. The lowest BCUT2D eigenvalue weighted by molar-refractivity contribution is 0.0730. The lowest BCUT2D eigenvalue weighted by atomic mass is 9.95. The van der Waals surface area contributed by atoms with E-state index in [0.717, 1.165) is 51.5 Å². The van der Waals surface area contributed by atoms with Crippen LogP contribution < -0.4 is 5.32 Å². The predicted molar refractivity (Wildman–Crippen MR) is 144 cm³/mol. The number of carbonyl (C=O) groups is 1. The minimum absolute atomic E-state index is 0.183. The minimum Gasteiger partial charge on any atom is -0.379 e. The second-order valence-corrected chi connectivity index (χ2v) is 13.0. The molecule has 1 amide bonds. The van der Waals surface area contributed by atoms with Crippen LogP contribution in [-0.2, 0) is 27.6 Å². The van der Waals surface area contributed by atoms with Gasteiger partial charge in [-0.05, 0) is 67.6 Å². The summed E-state index contributed by atoms with van der Waals surface area (Å²) in [5, 5.41) is 4.86. The summed E-state index contributed by atoms with van der Waals surface area (Å²) in [7, 11) is -3.60. The summed E-state index contributed by atoms with van der Waals surface area (Å²) in [4.78, 5) is 19.6. The van der Waals surface area contributed by atoms with Crippen LogP contribution in [-0.4, -0.2) is 49.9 Å². The van der Waals surface area contributed by atoms with Crippen LogP contribution >= 0.6 is 22.7 Å². The van der Waals surface area contributed by atoms with Gasteiger partial charge in [0, 0.05) is 29.1 Å². The van der Waals surface area contributed by atoms with E-state index < -0.39 is 10.0 Å². The number of hydrogen-bond donors (Lipinski definition) is 1. The fraction of sp³-hybridized carbons (Fsp3) is 0.308. The van der Waals surface area contributed by atoms with E-state index in [0.29, 0.717) is 31.9 Å². The largest absolute Gasteiger partial charge is 0.379 e. The summed E-state index contributed by atoms with van der Waals surface area (Å²) < 4.78 is 33.6. The van der Waals surface area contributed by atoms with Crippen LogP contribution in [0.5, 0.6) is 0 Å². The molecule has 1 saturated heterocycles. The van der Waals surface area contributed by atoms with Crippen molar-refractivity contribution in [3.63, 3.8) is 0 Å². The fourth-order valence-corrected chi connectivity index (χ4v) is 8.55. The number of thiophene rings is 1. The first kappa shape index (κ1) is 23.7. The van der Waals surface area contributed by atoms with Gasteiger partial charge in [0.15, 0.2) is 0 Å². The Balaban J connectivity index is 1.29. The maximum Gasteiger partial charge on any atom is 0.256 e. The van der Waals surface area contributed by atoms with Crippen LogP contribution in [0.3, 0.4) is 0 Å². The van der Waals surface area contributed by atoms with E-state index in [9.17, 15) is 13.2 Å². The van der Waals surface area contributed by atoms with E-state index in [4.69, 9.17) is 9.72 Å². The number of hydrogen-bond acceptors (Lipinski definition) is 7. The summed E-state index contributed by atoms with van der Waals surface area (Å²) in [6.45, 7) is 1.45. The van der Waals surface area contributed by atoms with Gasteiger partial charge in [-0.1, -0.05) is 12.1 Å². The highest BCUT2D eigenvalue weighted by atomic mass is 32.2. The number of sulfonamides is 1. The molecule has 2 aromatic heterocycles. The number of ether oxygens (including phenoxy) is 1. The van der Waals surface area contributed by atoms with Gasteiger partial charge >= 0.3 is 0 Å². The molecule has 0 saturated carbocycles. The molecule has 0 bridgehead atoms. The number of carbonyl (C=O) groups excluding carboxylic acids is 1. The molecular formula is C26H25N3O4S3. The van der Waals surface area contributed by atoms with Crippen molar-refractivity contribution in [2.75, 3.05) is 31.6 Å². The number of nitrogens with zero attached hydrogens (tertiary/aromatic N) is 2. The minimum atomic E-state index is -3.60. The Labute approximate surface area is 217 Å². The van der Waals surface area contributed by atoms with Crippen molar-refractivity contribution in [3.05, 3.63) is 64.5 Å². The molecule has 0 atom stereocenters. The van der Waals surface area contributed by atoms with Gasteiger partial charge in [-0.3, -0.25) is 4.79 Å². The molecule has 3 heterocycles. The number of benzene rings is 2. The molecule has 2 aliphatic rings. The summed E-state index contributed by atoms with van der Waals surface area (Å²) in [6, 6.07) is 14.3. The molecular weight excluding hydrogens is 515 g/mol. The molecule has 36 heavy (non-hydrogen) atoms. The molecule has 4 aromatic rings. The van der Waals surface area contributed by atoms with E-state index in [2.05, 4.69) is 11.4 Å². The van der Waals surface area contributed by atoms with E-state index in [1.165, 1.54) is 26.9 Å². The number of thiazole rings is 1. The molecule has 1 aliphatic heterocycles. The van der Waals surface area contributed by atoms with Gasteiger partial charge in [0.1, 0.15) is 10.0 Å². The van der Waals surface area contributed by atoms with Crippen LogP contribution in [0.1, 0.15) is 33.6 Å². The highest BCUT2D eigenvalue weighted by Gasteiger charge is 2.28. The Morgan fingerprint density at radius 2 is 1.72 bits per heavy atom. The Morgan fingerprint density at radius 1 is 0.972 bits per heavy atom. The van der Waals surface area contributed by atoms with Crippen molar-refractivity contribution >= 4 is 53.8 Å². The second kappa shape index (κ2) is 9.68. The topological polar surface area (TPSA) is 88.6 Å². The van der Waals surface area contributed by atoms with Crippen molar-refractivity contribution in [1.82, 2.24) is 9.29 Å². The summed E-state index contributed by atoms with van der Waals surface area (Å²) in [6.07, 6.45) is 4.29. The highest BCUT2D eigenvalue weighted by Crippen LogP contribution is 2.46. The summed E-state index contributed by atoms with van der Waals surface area (Å²) in [5.74, 6) is -0.258. The smallest absolute Gasteiger partial charge is 0.256 e. The highest BCUT2D eigenvalue weighted by molar-refractivity contribution is 7.89. The molecule has 0 spiro atoms. The quantitative estimate of drug-likeness (QED) is 0.378. The molecule has 0 unspecified atom stereocenters. The van der Waals surface area contributed by atoms with Gasteiger partial charge in [0.25, 0.3) is 5.91 Å². The van der Waals surface area contributed by atoms with E-state index >= 15 is 0 Å². The molecule has 1 fully saturated rings. The number of anilines is 1. The second-order valence-electron chi connectivity index (χ2n) is 8.90. The van der Waals surface area contributed by atoms with Crippen LogP contribution in [0.15, 0.2) is 53.4 Å². The number of fused-ring (bicyclic) bond motifs is 2. The standard InChI is InChI=1S/C26H25N3O4S3/c30-24(17-9-11-18(12-10-17)36(31,32)29-13-15-33-16-14-29)28-26-23(19-5-1-3-7-21(19)34-26)25-27-20-6-2-4-8-22(20)35-25/h2,4,6,8-12H,1,3,5,7,13-16H2,(H,28,30). The lowest BCUT2D eigenvalue weighted by Gasteiger charge is -2.26. The third kappa shape index (κ3) is 4.37. The van der Waals surface area contributed by atoms with Crippen molar-refractivity contribution in [3.8, 4) is 10.6 Å². The predicted octanol–water partition coefficient (Wildman–Crippen LogP) is 5.18. The fourth-order valence-electron chi connectivity index (χ4n) is 4.75. The summed E-state index contributed by atoms with van der Waals surface area (Å²) in [5.41, 5.74) is 3.71. The van der Waals surface area contributed by atoms with E-state index in [-0.39, 0.29) is 10.8 Å². The molecule has 10 heteroatoms. The maximum atomic E-state index is 13.2. The molecule has 1 N–H and O–H groups in total. The van der Waals surface area contributed by atoms with Crippen LogP contribution in [0.25, 0.3) is 20.8 Å². The van der Waals surface area contributed by atoms with Crippen LogP contribution in [0.4, 0.5) is 5.00 Å². The van der Waals surface area contributed by atoms with E-state index in [1.807, 2.05) is 18.2 Å². The van der Waals surface area contributed by atoms with Gasteiger partial charge in [-0.15, -0.1) is 22.7 Å². The zero-order valence-electron chi connectivity index (χ0n) is 19.5. The number of rotatable bonds is 5. The van der Waals surface area contributed by atoms with Crippen LogP contribution in [0.2, 0.25) is 0 Å². The molecule has 0 radical (unpaired) electrons. The Morgan fingerprint density at radius 3 is 2.50 bits per heavy atom. The first-order valence-corrected chi connectivity index (χ1v) is 15.1. The average Bonchev–Trinajstić information content (AvgIpc) is 3.50. The van der Waals surface area contributed by atoms with Gasteiger partial charge in [-0.2, -0.15) is 4.31 Å². The van der Waals surface area contributed by atoms with Gasteiger partial charge in [-0.25, -0.2) is 13.4 Å². The number of para-hydroxylation sites is 1. The van der Waals surface area contributed by atoms with Crippen LogP contribution in [0, 0.1) is 0 Å². The van der Waals surface area contributed by atoms with E-state index in [1.54, 1.807) is 34.8 Å². The third-order valence-corrected chi connectivity index (χ3v) is 10.8. The van der Waals surface area contributed by atoms with Crippen molar-refractivity contribution < 1.29 is 17.9 Å². The third-order valence-electron chi connectivity index (χ3n) is 6.63.